The number of hydrogen-bond acceptors (Lipinski definition) is 3. The van der Waals surface area contributed by atoms with E-state index in [0.717, 1.165) is 0 Å². The SMILES string of the molecule is C=CCc1cc(S(=O)[O-])ccc1O. The van der Waals surface area contributed by atoms with Gasteiger partial charge in [0.25, 0.3) is 0 Å². The molecule has 0 fully saturated rings. The quantitative estimate of drug-likeness (QED) is 0.588. The highest BCUT2D eigenvalue weighted by molar-refractivity contribution is 7.79. The van der Waals surface area contributed by atoms with Gasteiger partial charge in [-0.05, 0) is 41.3 Å². The average molecular weight is 197 g/mol. The van der Waals surface area contributed by atoms with Gasteiger partial charge in [-0.15, -0.1) is 6.58 Å². The van der Waals surface area contributed by atoms with Crippen molar-refractivity contribution in [3.63, 3.8) is 0 Å². The van der Waals surface area contributed by atoms with E-state index in [0.29, 0.717) is 12.0 Å². The van der Waals surface area contributed by atoms with Crippen LogP contribution in [0.25, 0.3) is 0 Å². The molecule has 0 bridgehead atoms. The minimum atomic E-state index is -2.25. The Labute approximate surface area is 79.0 Å². The molecule has 0 aromatic heterocycles. The molecule has 4 heteroatoms. The van der Waals surface area contributed by atoms with E-state index in [2.05, 4.69) is 6.58 Å². The molecule has 1 N–H and O–H groups in total. The lowest BCUT2D eigenvalue weighted by Gasteiger charge is -2.07. The molecule has 0 spiro atoms. The highest BCUT2D eigenvalue weighted by atomic mass is 32.2. The van der Waals surface area contributed by atoms with Gasteiger partial charge in [-0.1, -0.05) is 6.08 Å². The Kier molecular flexibility index (Phi) is 3.22. The average Bonchev–Trinajstić information content (AvgIpc) is 2.08. The lowest BCUT2D eigenvalue weighted by molar-refractivity contribution is 0.469. The Bertz CT molecular complexity index is 347. The van der Waals surface area contributed by atoms with Crippen molar-refractivity contribution in [3.05, 3.63) is 36.4 Å². The Hall–Kier alpha value is -1.13. The fourth-order valence-corrected chi connectivity index (χ4v) is 1.40. The molecule has 0 amide bonds. The van der Waals surface area contributed by atoms with Crippen LogP contribution in [0.3, 0.4) is 0 Å². The molecule has 1 atom stereocenters. The smallest absolute Gasteiger partial charge is 0.119 e. The van der Waals surface area contributed by atoms with Crippen molar-refractivity contribution in [2.24, 2.45) is 0 Å². The second-order valence-electron chi connectivity index (χ2n) is 2.52. The van der Waals surface area contributed by atoms with Gasteiger partial charge in [0, 0.05) is 4.90 Å². The Morgan fingerprint density at radius 3 is 2.85 bits per heavy atom. The highest BCUT2D eigenvalue weighted by Gasteiger charge is 2.00. The number of allylic oxidation sites excluding steroid dienone is 1. The molecule has 0 radical (unpaired) electrons. The van der Waals surface area contributed by atoms with Crippen molar-refractivity contribution in [2.45, 2.75) is 11.3 Å². The van der Waals surface area contributed by atoms with Gasteiger partial charge in [-0.25, -0.2) is 0 Å². The summed E-state index contributed by atoms with van der Waals surface area (Å²) in [4.78, 5) is 0.176. The van der Waals surface area contributed by atoms with Gasteiger partial charge in [0.05, 0.1) is 0 Å². The zero-order valence-electron chi connectivity index (χ0n) is 6.90. The van der Waals surface area contributed by atoms with Gasteiger partial charge in [0.1, 0.15) is 5.75 Å². The van der Waals surface area contributed by atoms with E-state index >= 15 is 0 Å². The van der Waals surface area contributed by atoms with Gasteiger partial charge < -0.3 is 9.66 Å². The lowest BCUT2D eigenvalue weighted by Crippen LogP contribution is -1.91. The Morgan fingerprint density at radius 2 is 2.31 bits per heavy atom. The van der Waals surface area contributed by atoms with E-state index in [1.807, 2.05) is 0 Å². The first kappa shape index (κ1) is 9.95. The Morgan fingerprint density at radius 1 is 1.62 bits per heavy atom. The second-order valence-corrected chi connectivity index (χ2v) is 3.46. The zero-order chi connectivity index (χ0) is 9.84. The van der Waals surface area contributed by atoms with Gasteiger partial charge in [0.15, 0.2) is 0 Å². The minimum absolute atomic E-state index is 0.0918. The standard InChI is InChI=1S/C9H10O3S/c1-2-3-7-6-8(13(11)12)4-5-9(7)10/h2,4-6,10H,1,3H2,(H,11,12)/p-1. The number of benzene rings is 1. The molecule has 0 aliphatic carbocycles. The molecule has 70 valence electrons. The predicted molar refractivity (Wildman–Crippen MR) is 49.2 cm³/mol. The molecular formula is C9H9O3S-. The monoisotopic (exact) mass is 197 g/mol. The molecule has 0 aliphatic rings. The largest absolute Gasteiger partial charge is 0.768 e. The van der Waals surface area contributed by atoms with Crippen LogP contribution in [-0.2, 0) is 17.5 Å². The van der Waals surface area contributed by atoms with E-state index < -0.39 is 11.1 Å². The Balaban J connectivity index is 3.10. The summed E-state index contributed by atoms with van der Waals surface area (Å²) in [5.41, 5.74) is 0.566. The van der Waals surface area contributed by atoms with Crippen LogP contribution < -0.4 is 0 Å². The lowest BCUT2D eigenvalue weighted by atomic mass is 10.1. The molecule has 1 aromatic rings. The maximum atomic E-state index is 10.6. The van der Waals surface area contributed by atoms with Crippen molar-refractivity contribution in [1.29, 1.82) is 0 Å². The molecule has 3 nitrogen and oxygen atoms in total. The van der Waals surface area contributed by atoms with Crippen LogP contribution >= 0.6 is 0 Å². The van der Waals surface area contributed by atoms with Gasteiger partial charge in [-0.2, -0.15) is 0 Å². The fourth-order valence-electron chi connectivity index (χ4n) is 0.985. The summed E-state index contributed by atoms with van der Waals surface area (Å²) < 4.78 is 21.1. The number of phenolic OH excluding ortho intramolecular Hbond substituents is 1. The first-order valence-electron chi connectivity index (χ1n) is 3.67. The molecule has 0 heterocycles. The van der Waals surface area contributed by atoms with Crippen molar-refractivity contribution in [3.8, 4) is 5.75 Å². The van der Waals surface area contributed by atoms with Crippen LogP contribution in [0.15, 0.2) is 35.7 Å². The molecule has 1 aromatic carbocycles. The predicted octanol–water partition coefficient (Wildman–Crippen LogP) is 1.36. The van der Waals surface area contributed by atoms with E-state index in [1.54, 1.807) is 6.08 Å². The van der Waals surface area contributed by atoms with Gasteiger partial charge in [0.2, 0.25) is 0 Å². The first-order chi connectivity index (χ1) is 6.15. The minimum Gasteiger partial charge on any atom is -0.768 e. The van der Waals surface area contributed by atoms with Crippen molar-refractivity contribution < 1.29 is 13.9 Å². The van der Waals surface area contributed by atoms with Crippen LogP contribution in [0.2, 0.25) is 0 Å². The van der Waals surface area contributed by atoms with Crippen LogP contribution in [0.5, 0.6) is 5.75 Å². The number of hydrogen-bond donors (Lipinski definition) is 1. The summed E-state index contributed by atoms with van der Waals surface area (Å²) in [6.45, 7) is 3.51. The summed E-state index contributed by atoms with van der Waals surface area (Å²) in [7, 11) is 0. The van der Waals surface area contributed by atoms with E-state index in [-0.39, 0.29) is 10.6 Å². The summed E-state index contributed by atoms with van der Waals surface area (Å²) in [6, 6.07) is 4.15. The normalized spacial score (nSPS) is 12.4. The molecule has 0 aliphatic heterocycles. The fraction of sp³-hybridized carbons (Fsp3) is 0.111. The topological polar surface area (TPSA) is 60.4 Å². The first-order valence-corrected chi connectivity index (χ1v) is 4.74. The third-order valence-corrected chi connectivity index (χ3v) is 2.25. The van der Waals surface area contributed by atoms with Crippen molar-refractivity contribution in [1.82, 2.24) is 0 Å². The number of phenols is 1. The highest BCUT2D eigenvalue weighted by Crippen LogP contribution is 2.20. The molecule has 0 saturated heterocycles. The number of aromatic hydroxyl groups is 1. The van der Waals surface area contributed by atoms with E-state index in [4.69, 9.17) is 0 Å². The summed E-state index contributed by atoms with van der Waals surface area (Å²) in [5, 5.41) is 9.30. The molecule has 0 saturated carbocycles. The molecule has 13 heavy (non-hydrogen) atoms. The molecule has 1 unspecified atom stereocenters. The molecular weight excluding hydrogens is 188 g/mol. The maximum absolute atomic E-state index is 10.6. The van der Waals surface area contributed by atoms with Crippen LogP contribution in [-0.4, -0.2) is 13.9 Å². The zero-order valence-corrected chi connectivity index (χ0v) is 7.71. The third kappa shape index (κ3) is 2.40. The van der Waals surface area contributed by atoms with Crippen molar-refractivity contribution in [2.75, 3.05) is 0 Å². The van der Waals surface area contributed by atoms with Gasteiger partial charge in [-0.3, -0.25) is 4.21 Å². The van der Waals surface area contributed by atoms with Crippen molar-refractivity contribution >= 4 is 11.1 Å². The third-order valence-electron chi connectivity index (χ3n) is 1.61. The van der Waals surface area contributed by atoms with E-state index in [9.17, 15) is 13.9 Å². The summed E-state index contributed by atoms with van der Waals surface area (Å²) in [5.74, 6) is 0.0918. The summed E-state index contributed by atoms with van der Waals surface area (Å²) >= 11 is -2.25. The second kappa shape index (κ2) is 4.20. The number of rotatable bonds is 3. The maximum Gasteiger partial charge on any atom is 0.119 e. The molecule has 1 rings (SSSR count). The van der Waals surface area contributed by atoms with Crippen LogP contribution in [0, 0.1) is 0 Å². The summed E-state index contributed by atoms with van der Waals surface area (Å²) in [6.07, 6.45) is 2.06. The van der Waals surface area contributed by atoms with Gasteiger partial charge >= 0.3 is 0 Å². The van der Waals surface area contributed by atoms with E-state index in [1.165, 1.54) is 18.2 Å². The van der Waals surface area contributed by atoms with Crippen LogP contribution in [0.1, 0.15) is 5.56 Å². The van der Waals surface area contributed by atoms with Crippen LogP contribution in [0.4, 0.5) is 0 Å².